The minimum atomic E-state index is -0.952. The van der Waals surface area contributed by atoms with Gasteiger partial charge in [0.25, 0.3) is 0 Å². The minimum absolute atomic E-state index is 0.170. The summed E-state index contributed by atoms with van der Waals surface area (Å²) in [6.07, 6.45) is -0.885. The van der Waals surface area contributed by atoms with Gasteiger partial charge in [-0.3, -0.25) is 0 Å². The third-order valence-corrected chi connectivity index (χ3v) is 0.945. The number of ether oxygens (including phenoxy) is 1. The first-order chi connectivity index (χ1) is 5.07. The first kappa shape index (κ1) is 10.3. The zero-order valence-corrected chi connectivity index (χ0v) is 7.15. The van der Waals surface area contributed by atoms with Crippen LogP contribution < -0.4 is 5.32 Å². The van der Waals surface area contributed by atoms with Crippen LogP contribution in [0.4, 0.5) is 9.59 Å². The van der Waals surface area contributed by atoms with Crippen molar-refractivity contribution in [2.24, 2.45) is 0 Å². The fourth-order valence-corrected chi connectivity index (χ4v) is 0.381. The van der Waals surface area contributed by atoms with Crippen LogP contribution in [0.1, 0.15) is 6.92 Å². The fraction of sp³-hybridized carbons (Fsp3) is 0.500. The van der Waals surface area contributed by atoms with E-state index in [0.717, 1.165) is 0 Å². The van der Waals surface area contributed by atoms with Gasteiger partial charge in [-0.25, -0.2) is 14.9 Å². The molecule has 64 valence electrons. The first-order valence-electron chi connectivity index (χ1n) is 2.67. The highest BCUT2D eigenvalue weighted by atomic mass is 35.5. The molecule has 0 unspecified atom stereocenters. The van der Waals surface area contributed by atoms with Gasteiger partial charge in [-0.05, 0) is 6.92 Å². The van der Waals surface area contributed by atoms with Gasteiger partial charge in [0.2, 0.25) is 0 Å². The number of imide groups is 1. The van der Waals surface area contributed by atoms with Crippen LogP contribution in [0.3, 0.4) is 0 Å². The molecular weight excluding hydrogens is 195 g/mol. The number of halogens is 2. The van der Waals surface area contributed by atoms with E-state index in [4.69, 9.17) is 23.6 Å². The lowest BCUT2D eigenvalue weighted by molar-refractivity contribution is 0.152. The van der Waals surface area contributed by atoms with Crippen molar-refractivity contribution in [2.75, 3.05) is 6.61 Å². The molecule has 0 aliphatic rings. The summed E-state index contributed by atoms with van der Waals surface area (Å²) in [4.78, 5) is 20.9. The number of carbonyl (C=O) groups excluding carboxylic acids is 2. The normalized spacial score (nSPS) is 8.64. The van der Waals surface area contributed by atoms with Crippen molar-refractivity contribution < 1.29 is 14.3 Å². The van der Waals surface area contributed by atoms with E-state index in [1.54, 1.807) is 12.2 Å². The molecule has 5 nitrogen and oxygen atoms in total. The molecule has 1 N–H and O–H groups in total. The average molecular weight is 201 g/mol. The second-order valence-electron chi connectivity index (χ2n) is 1.38. The Kier molecular flexibility index (Phi) is 4.72. The molecular formula is C4H6Cl2N2O3. The summed E-state index contributed by atoms with van der Waals surface area (Å²) in [6, 6.07) is -0.952. The van der Waals surface area contributed by atoms with E-state index in [1.165, 1.54) is 0 Å². The van der Waals surface area contributed by atoms with E-state index < -0.39 is 12.1 Å². The standard InChI is InChI=1S/C4H6Cl2N2O3/c1-2-11-4(10)7-3(9)8(5)6/h2H2,1H3,(H,7,9,10). The van der Waals surface area contributed by atoms with Gasteiger partial charge < -0.3 is 4.74 Å². The van der Waals surface area contributed by atoms with Crippen LogP contribution in [0.15, 0.2) is 0 Å². The van der Waals surface area contributed by atoms with Crippen LogP contribution in [0.25, 0.3) is 0 Å². The Hall–Kier alpha value is -0.680. The molecule has 0 saturated carbocycles. The van der Waals surface area contributed by atoms with Gasteiger partial charge >= 0.3 is 12.1 Å². The maximum absolute atomic E-state index is 10.5. The Labute approximate surface area is 73.4 Å². The van der Waals surface area contributed by atoms with Crippen molar-refractivity contribution in [3.8, 4) is 0 Å². The van der Waals surface area contributed by atoms with Crippen molar-refractivity contribution >= 4 is 35.7 Å². The highest BCUT2D eigenvalue weighted by Crippen LogP contribution is 1.98. The number of hydrogen-bond donors (Lipinski definition) is 1. The summed E-state index contributed by atoms with van der Waals surface area (Å²) >= 11 is 9.90. The average Bonchev–Trinajstić information content (AvgIpc) is 1.87. The summed E-state index contributed by atoms with van der Waals surface area (Å²) < 4.78 is 4.54. The molecule has 0 aromatic carbocycles. The Morgan fingerprint density at radius 3 is 2.45 bits per heavy atom. The number of amides is 3. The lowest BCUT2D eigenvalue weighted by Gasteiger charge is -2.04. The van der Waals surface area contributed by atoms with Crippen LogP contribution >= 0.6 is 23.6 Å². The molecule has 0 spiro atoms. The number of alkyl carbamates (subject to hydrolysis) is 1. The van der Waals surface area contributed by atoms with Gasteiger partial charge in [0.1, 0.15) is 0 Å². The molecule has 0 aliphatic heterocycles. The van der Waals surface area contributed by atoms with E-state index in [2.05, 4.69) is 4.74 Å². The monoisotopic (exact) mass is 200 g/mol. The highest BCUT2D eigenvalue weighted by Gasteiger charge is 2.12. The predicted molar refractivity (Wildman–Crippen MR) is 39.1 cm³/mol. The summed E-state index contributed by atoms with van der Waals surface area (Å²) in [5.41, 5.74) is 0. The van der Waals surface area contributed by atoms with Crippen molar-refractivity contribution in [1.82, 2.24) is 9.25 Å². The second kappa shape index (κ2) is 5.03. The lowest BCUT2D eigenvalue weighted by atomic mass is 10.8. The highest BCUT2D eigenvalue weighted by molar-refractivity contribution is 6.41. The van der Waals surface area contributed by atoms with Crippen LogP contribution in [0.2, 0.25) is 0 Å². The van der Waals surface area contributed by atoms with Gasteiger partial charge in [-0.1, -0.05) is 0 Å². The summed E-state index contributed by atoms with van der Waals surface area (Å²) in [7, 11) is 0. The Morgan fingerprint density at radius 1 is 1.55 bits per heavy atom. The largest absolute Gasteiger partial charge is 0.450 e. The van der Waals surface area contributed by atoms with E-state index in [9.17, 15) is 9.59 Å². The SMILES string of the molecule is CCOC(=O)NC(=O)N(Cl)Cl. The van der Waals surface area contributed by atoms with Crippen molar-refractivity contribution in [3.05, 3.63) is 0 Å². The Bertz CT molecular complexity index is 161. The molecule has 0 bridgehead atoms. The zero-order valence-electron chi connectivity index (χ0n) is 5.63. The molecule has 0 heterocycles. The van der Waals surface area contributed by atoms with Crippen LogP contribution in [0, 0.1) is 0 Å². The van der Waals surface area contributed by atoms with Crippen LogP contribution in [-0.4, -0.2) is 22.7 Å². The number of hydrogen-bond acceptors (Lipinski definition) is 3. The minimum Gasteiger partial charge on any atom is -0.450 e. The Morgan fingerprint density at radius 2 is 2.09 bits per heavy atom. The van der Waals surface area contributed by atoms with E-state index in [1.807, 2.05) is 0 Å². The quantitative estimate of drug-likeness (QED) is 0.653. The molecule has 0 radical (unpaired) electrons. The lowest BCUT2D eigenvalue weighted by Crippen LogP contribution is -2.34. The van der Waals surface area contributed by atoms with Gasteiger partial charge in [0, 0.05) is 23.6 Å². The van der Waals surface area contributed by atoms with Crippen LogP contribution in [0.5, 0.6) is 0 Å². The van der Waals surface area contributed by atoms with Gasteiger partial charge in [0.05, 0.1) is 6.61 Å². The van der Waals surface area contributed by atoms with Gasteiger partial charge in [0.15, 0.2) is 0 Å². The van der Waals surface area contributed by atoms with Crippen molar-refractivity contribution in [2.45, 2.75) is 6.92 Å². The van der Waals surface area contributed by atoms with Crippen molar-refractivity contribution in [1.29, 1.82) is 0 Å². The molecule has 0 rings (SSSR count). The second-order valence-corrected chi connectivity index (χ2v) is 2.23. The number of rotatable bonds is 1. The molecule has 11 heavy (non-hydrogen) atoms. The molecule has 0 fully saturated rings. The number of carbonyl (C=O) groups is 2. The number of nitrogens with zero attached hydrogens (tertiary/aromatic N) is 1. The Balaban J connectivity index is 3.67. The van der Waals surface area contributed by atoms with Gasteiger partial charge in [-0.15, -0.1) is 3.94 Å². The molecule has 0 saturated heterocycles. The maximum atomic E-state index is 10.5. The third-order valence-electron chi connectivity index (χ3n) is 0.638. The first-order valence-corrected chi connectivity index (χ1v) is 3.35. The summed E-state index contributed by atoms with van der Waals surface area (Å²) in [5.74, 6) is 0. The molecule has 0 aromatic rings. The van der Waals surface area contributed by atoms with E-state index in [-0.39, 0.29) is 10.5 Å². The number of nitrogens with one attached hydrogen (secondary N) is 1. The maximum Gasteiger partial charge on any atom is 0.415 e. The zero-order chi connectivity index (χ0) is 8.85. The molecule has 0 atom stereocenters. The third kappa shape index (κ3) is 4.69. The predicted octanol–water partition coefficient (Wildman–Crippen LogP) is 1.46. The van der Waals surface area contributed by atoms with E-state index in [0.29, 0.717) is 0 Å². The van der Waals surface area contributed by atoms with Crippen molar-refractivity contribution in [3.63, 3.8) is 0 Å². The molecule has 0 aromatic heterocycles. The smallest absolute Gasteiger partial charge is 0.415 e. The number of urea groups is 1. The summed E-state index contributed by atoms with van der Waals surface area (Å²) in [5, 5.41) is 1.74. The molecule has 7 heteroatoms. The molecule has 0 aliphatic carbocycles. The topological polar surface area (TPSA) is 58.6 Å². The molecule has 3 amide bonds. The fourth-order valence-electron chi connectivity index (χ4n) is 0.297. The summed E-state index contributed by atoms with van der Waals surface area (Å²) in [6.45, 7) is 1.77. The van der Waals surface area contributed by atoms with E-state index >= 15 is 0 Å². The van der Waals surface area contributed by atoms with Gasteiger partial charge in [-0.2, -0.15) is 0 Å². The van der Waals surface area contributed by atoms with Crippen LogP contribution in [-0.2, 0) is 4.74 Å².